The van der Waals surface area contributed by atoms with Crippen LogP contribution in [-0.2, 0) is 13.0 Å². The minimum Gasteiger partial charge on any atom is -0.328 e. The van der Waals surface area contributed by atoms with E-state index in [1.807, 2.05) is 6.07 Å². The van der Waals surface area contributed by atoms with Crippen LogP contribution in [0.3, 0.4) is 0 Å². The van der Waals surface area contributed by atoms with Crippen LogP contribution in [0.4, 0.5) is 0 Å². The average Bonchev–Trinajstić information content (AvgIpc) is 2.65. The monoisotopic (exact) mass is 245 g/mol. The first-order valence-corrected chi connectivity index (χ1v) is 6.74. The second-order valence-electron chi connectivity index (χ2n) is 5.66. The summed E-state index contributed by atoms with van der Waals surface area (Å²) in [5, 5.41) is 0. The molecule has 1 heterocycles. The van der Waals surface area contributed by atoms with E-state index in [1.54, 1.807) is 0 Å². The highest BCUT2D eigenvalue weighted by Gasteiger charge is 2.15. The van der Waals surface area contributed by atoms with Crippen molar-refractivity contribution in [2.45, 2.75) is 52.1 Å². The Balaban J connectivity index is 2.33. The fraction of sp³-hybridized carbons (Fsp3) is 0.533. The Bertz CT molecular complexity index is 520. The summed E-state index contributed by atoms with van der Waals surface area (Å²) < 4.78 is 2.33. The van der Waals surface area contributed by atoms with Gasteiger partial charge in [-0.1, -0.05) is 19.1 Å². The molecule has 98 valence electrons. The zero-order chi connectivity index (χ0) is 13.2. The number of aromatic nitrogens is 2. The lowest BCUT2D eigenvalue weighted by Gasteiger charge is -2.18. The van der Waals surface area contributed by atoms with Gasteiger partial charge in [0.1, 0.15) is 5.82 Å². The number of fused-ring (bicyclic) bond motifs is 1. The van der Waals surface area contributed by atoms with Gasteiger partial charge in [-0.2, -0.15) is 0 Å². The van der Waals surface area contributed by atoms with Crippen molar-refractivity contribution in [1.82, 2.24) is 9.55 Å². The summed E-state index contributed by atoms with van der Waals surface area (Å²) >= 11 is 0. The van der Waals surface area contributed by atoms with E-state index in [0.717, 1.165) is 37.1 Å². The highest BCUT2D eigenvalue weighted by molar-refractivity contribution is 5.75. The first-order chi connectivity index (χ1) is 8.51. The number of hydrogen-bond acceptors (Lipinski definition) is 2. The van der Waals surface area contributed by atoms with Gasteiger partial charge >= 0.3 is 0 Å². The highest BCUT2D eigenvalue weighted by Crippen LogP contribution is 2.19. The molecule has 0 amide bonds. The minimum atomic E-state index is -0.130. The fourth-order valence-electron chi connectivity index (χ4n) is 2.22. The first kappa shape index (κ1) is 13.1. The smallest absolute Gasteiger partial charge is 0.109 e. The van der Waals surface area contributed by atoms with Crippen molar-refractivity contribution in [2.75, 3.05) is 0 Å². The first-order valence-electron chi connectivity index (χ1n) is 6.74. The molecule has 0 spiro atoms. The number of nitrogens with zero attached hydrogens (tertiary/aromatic N) is 2. The van der Waals surface area contributed by atoms with Gasteiger partial charge < -0.3 is 10.3 Å². The molecule has 0 aliphatic rings. The highest BCUT2D eigenvalue weighted by atomic mass is 15.1. The van der Waals surface area contributed by atoms with E-state index >= 15 is 0 Å². The maximum absolute atomic E-state index is 6.06. The number of para-hydroxylation sites is 2. The van der Waals surface area contributed by atoms with Crippen LogP contribution in [0.25, 0.3) is 11.0 Å². The van der Waals surface area contributed by atoms with Gasteiger partial charge in [0.25, 0.3) is 0 Å². The molecular formula is C15H23N3. The lowest BCUT2D eigenvalue weighted by Crippen LogP contribution is -2.32. The summed E-state index contributed by atoms with van der Waals surface area (Å²) in [5.74, 6) is 1.16. The summed E-state index contributed by atoms with van der Waals surface area (Å²) in [6, 6.07) is 8.35. The van der Waals surface area contributed by atoms with E-state index in [-0.39, 0.29) is 5.54 Å². The van der Waals surface area contributed by atoms with Gasteiger partial charge in [0.15, 0.2) is 0 Å². The van der Waals surface area contributed by atoms with Gasteiger partial charge in [0.05, 0.1) is 11.0 Å². The lowest BCUT2D eigenvalue weighted by molar-refractivity contribution is 0.464. The predicted octanol–water partition coefficient (Wildman–Crippen LogP) is 3.12. The Kier molecular flexibility index (Phi) is 3.71. The summed E-state index contributed by atoms with van der Waals surface area (Å²) in [7, 11) is 0. The summed E-state index contributed by atoms with van der Waals surface area (Å²) in [6.45, 7) is 7.37. The van der Waals surface area contributed by atoms with Gasteiger partial charge in [-0.05, 0) is 38.8 Å². The third-order valence-electron chi connectivity index (χ3n) is 3.17. The van der Waals surface area contributed by atoms with Gasteiger partial charge in [0.2, 0.25) is 0 Å². The Labute approximate surface area is 109 Å². The molecule has 2 N–H and O–H groups in total. The molecular weight excluding hydrogens is 222 g/mol. The lowest BCUT2D eigenvalue weighted by atomic mass is 10.00. The number of aryl methyl sites for hydroxylation is 2. The quantitative estimate of drug-likeness (QED) is 0.879. The van der Waals surface area contributed by atoms with E-state index < -0.39 is 0 Å². The Morgan fingerprint density at radius 1 is 1.28 bits per heavy atom. The Hall–Kier alpha value is -1.35. The Morgan fingerprint density at radius 2 is 2.00 bits per heavy atom. The van der Waals surface area contributed by atoms with Crippen LogP contribution in [0.5, 0.6) is 0 Å². The van der Waals surface area contributed by atoms with Crippen molar-refractivity contribution in [3.8, 4) is 0 Å². The van der Waals surface area contributed by atoms with Crippen molar-refractivity contribution >= 4 is 11.0 Å². The van der Waals surface area contributed by atoms with E-state index in [0.29, 0.717) is 0 Å². The molecule has 0 aliphatic heterocycles. The second kappa shape index (κ2) is 5.11. The topological polar surface area (TPSA) is 43.8 Å². The van der Waals surface area contributed by atoms with Gasteiger partial charge in [-0.15, -0.1) is 0 Å². The van der Waals surface area contributed by atoms with Gasteiger partial charge in [-0.3, -0.25) is 0 Å². The molecule has 3 nitrogen and oxygen atoms in total. The van der Waals surface area contributed by atoms with E-state index in [1.165, 1.54) is 5.52 Å². The molecule has 0 saturated heterocycles. The molecule has 0 unspecified atom stereocenters. The van der Waals surface area contributed by atoms with E-state index in [9.17, 15) is 0 Å². The SMILES string of the molecule is CCCn1c(CCC(C)(C)N)nc2ccccc21. The molecule has 1 aromatic heterocycles. The summed E-state index contributed by atoms with van der Waals surface area (Å²) in [5.41, 5.74) is 8.27. The van der Waals surface area contributed by atoms with Gasteiger partial charge in [-0.25, -0.2) is 4.98 Å². The van der Waals surface area contributed by atoms with Crippen LogP contribution >= 0.6 is 0 Å². The molecule has 18 heavy (non-hydrogen) atoms. The summed E-state index contributed by atoms with van der Waals surface area (Å²) in [6.07, 6.45) is 3.03. The van der Waals surface area contributed by atoms with E-state index in [2.05, 4.69) is 43.5 Å². The van der Waals surface area contributed by atoms with Crippen LogP contribution in [0.2, 0.25) is 0 Å². The Morgan fingerprint density at radius 3 is 2.67 bits per heavy atom. The molecule has 2 rings (SSSR count). The molecule has 3 heteroatoms. The molecule has 1 aromatic carbocycles. The van der Waals surface area contributed by atoms with Crippen LogP contribution < -0.4 is 5.73 Å². The zero-order valence-corrected chi connectivity index (χ0v) is 11.6. The second-order valence-corrected chi connectivity index (χ2v) is 5.66. The van der Waals surface area contributed by atoms with Crippen molar-refractivity contribution in [3.63, 3.8) is 0 Å². The molecule has 0 saturated carbocycles. The van der Waals surface area contributed by atoms with Crippen molar-refractivity contribution in [2.24, 2.45) is 5.73 Å². The molecule has 2 aromatic rings. The number of nitrogens with two attached hydrogens (primary N) is 1. The number of hydrogen-bond donors (Lipinski definition) is 1. The minimum absolute atomic E-state index is 0.130. The van der Waals surface area contributed by atoms with Crippen LogP contribution in [0, 0.1) is 0 Å². The number of imidazole rings is 1. The largest absolute Gasteiger partial charge is 0.328 e. The average molecular weight is 245 g/mol. The third kappa shape index (κ3) is 2.91. The summed E-state index contributed by atoms with van der Waals surface area (Å²) in [4.78, 5) is 4.74. The standard InChI is InChI=1S/C15H23N3/c1-4-11-18-13-8-6-5-7-12(13)17-14(18)9-10-15(2,3)16/h5-8H,4,9-11,16H2,1-3H3. The van der Waals surface area contributed by atoms with Crippen LogP contribution in [0.1, 0.15) is 39.4 Å². The predicted molar refractivity (Wildman–Crippen MR) is 76.6 cm³/mol. The molecule has 0 aliphatic carbocycles. The van der Waals surface area contributed by atoms with Crippen molar-refractivity contribution in [1.29, 1.82) is 0 Å². The van der Waals surface area contributed by atoms with Crippen molar-refractivity contribution < 1.29 is 0 Å². The maximum Gasteiger partial charge on any atom is 0.109 e. The number of benzene rings is 1. The zero-order valence-electron chi connectivity index (χ0n) is 11.6. The van der Waals surface area contributed by atoms with Crippen LogP contribution in [0.15, 0.2) is 24.3 Å². The molecule has 0 bridgehead atoms. The molecule has 0 radical (unpaired) electrons. The number of rotatable bonds is 5. The normalized spacial score (nSPS) is 12.2. The fourth-order valence-corrected chi connectivity index (χ4v) is 2.22. The third-order valence-corrected chi connectivity index (χ3v) is 3.17. The van der Waals surface area contributed by atoms with Crippen LogP contribution in [-0.4, -0.2) is 15.1 Å². The van der Waals surface area contributed by atoms with E-state index in [4.69, 9.17) is 10.7 Å². The van der Waals surface area contributed by atoms with Gasteiger partial charge in [0, 0.05) is 18.5 Å². The van der Waals surface area contributed by atoms with Crippen molar-refractivity contribution in [3.05, 3.63) is 30.1 Å². The molecule has 0 fully saturated rings. The maximum atomic E-state index is 6.06. The molecule has 0 atom stereocenters.